The van der Waals surface area contributed by atoms with Crippen LogP contribution in [0.3, 0.4) is 0 Å². The summed E-state index contributed by atoms with van der Waals surface area (Å²) in [6.45, 7) is 1.79. The number of benzene rings is 1. The molecule has 0 saturated heterocycles. The summed E-state index contributed by atoms with van der Waals surface area (Å²) in [6, 6.07) is 9.37. The van der Waals surface area contributed by atoms with E-state index in [0.29, 0.717) is 22.4 Å². The van der Waals surface area contributed by atoms with Gasteiger partial charge in [-0.25, -0.2) is 4.98 Å². The van der Waals surface area contributed by atoms with Gasteiger partial charge in [0.25, 0.3) is 0 Å². The van der Waals surface area contributed by atoms with Crippen molar-refractivity contribution in [3.05, 3.63) is 40.7 Å². The maximum atomic E-state index is 8.62. The van der Waals surface area contributed by atoms with Gasteiger partial charge in [0.1, 0.15) is 5.76 Å². The minimum atomic E-state index is 0.250. The Morgan fingerprint density at radius 2 is 2.19 bits per heavy atom. The average Bonchev–Trinajstić information content (AvgIpc) is 2.61. The zero-order chi connectivity index (χ0) is 11.5. The summed E-state index contributed by atoms with van der Waals surface area (Å²) < 4.78 is 5.49. The molecule has 1 heterocycles. The molecule has 2 rings (SSSR count). The van der Waals surface area contributed by atoms with E-state index in [1.807, 2.05) is 24.3 Å². The van der Waals surface area contributed by atoms with Gasteiger partial charge in [-0.1, -0.05) is 23.7 Å². The lowest BCUT2D eigenvalue weighted by molar-refractivity contribution is 0.540. The molecule has 1 aromatic heterocycles. The van der Waals surface area contributed by atoms with Gasteiger partial charge >= 0.3 is 0 Å². The molecule has 0 unspecified atom stereocenters. The van der Waals surface area contributed by atoms with Gasteiger partial charge in [-0.2, -0.15) is 5.26 Å². The minimum absolute atomic E-state index is 0.250. The highest BCUT2D eigenvalue weighted by molar-refractivity contribution is 6.33. The molecule has 0 bridgehead atoms. The van der Waals surface area contributed by atoms with Crippen LogP contribution in [-0.2, 0) is 6.42 Å². The first-order valence-electron chi connectivity index (χ1n) is 4.80. The van der Waals surface area contributed by atoms with E-state index in [9.17, 15) is 0 Å². The Labute approximate surface area is 98.3 Å². The van der Waals surface area contributed by atoms with E-state index in [1.165, 1.54) is 0 Å². The van der Waals surface area contributed by atoms with Gasteiger partial charge in [-0.05, 0) is 19.1 Å². The first-order chi connectivity index (χ1) is 7.72. The fourth-order valence-electron chi connectivity index (χ4n) is 1.42. The third-order valence-electron chi connectivity index (χ3n) is 2.24. The van der Waals surface area contributed by atoms with E-state index in [-0.39, 0.29) is 6.42 Å². The lowest BCUT2D eigenvalue weighted by atomic mass is 10.2. The summed E-state index contributed by atoms with van der Waals surface area (Å²) in [6.07, 6.45) is 0.250. The second-order valence-electron chi connectivity index (χ2n) is 3.34. The van der Waals surface area contributed by atoms with Crippen LogP contribution < -0.4 is 0 Å². The molecule has 0 fully saturated rings. The lowest BCUT2D eigenvalue weighted by Crippen LogP contribution is -1.84. The minimum Gasteiger partial charge on any atom is -0.441 e. The van der Waals surface area contributed by atoms with Crippen LogP contribution in [0.2, 0.25) is 5.02 Å². The molecular weight excluding hydrogens is 224 g/mol. The highest BCUT2D eigenvalue weighted by Gasteiger charge is 2.12. The normalized spacial score (nSPS) is 10.1. The second kappa shape index (κ2) is 4.38. The Bertz CT molecular complexity index is 554. The van der Waals surface area contributed by atoms with E-state index in [0.717, 1.165) is 5.56 Å². The zero-order valence-corrected chi connectivity index (χ0v) is 9.45. The quantitative estimate of drug-likeness (QED) is 0.798. The van der Waals surface area contributed by atoms with Crippen molar-refractivity contribution in [3.8, 4) is 17.5 Å². The Balaban J connectivity index is 2.46. The third kappa shape index (κ3) is 1.93. The van der Waals surface area contributed by atoms with E-state index >= 15 is 0 Å². The SMILES string of the molecule is Cc1oc(-c2ccccc2Cl)nc1CC#N. The first-order valence-corrected chi connectivity index (χ1v) is 5.18. The van der Waals surface area contributed by atoms with E-state index in [2.05, 4.69) is 4.98 Å². The number of hydrogen-bond acceptors (Lipinski definition) is 3. The van der Waals surface area contributed by atoms with Crippen molar-refractivity contribution >= 4 is 11.6 Å². The van der Waals surface area contributed by atoms with Crippen molar-refractivity contribution in [2.24, 2.45) is 0 Å². The van der Waals surface area contributed by atoms with Crippen molar-refractivity contribution in [1.29, 1.82) is 5.26 Å². The number of rotatable bonds is 2. The summed E-state index contributed by atoms with van der Waals surface area (Å²) >= 11 is 6.03. The molecule has 0 saturated carbocycles. The molecule has 2 aromatic rings. The van der Waals surface area contributed by atoms with Gasteiger partial charge < -0.3 is 4.42 Å². The summed E-state index contributed by atoms with van der Waals surface area (Å²) in [5, 5.41) is 9.21. The van der Waals surface area contributed by atoms with Crippen LogP contribution in [0.15, 0.2) is 28.7 Å². The largest absolute Gasteiger partial charge is 0.441 e. The van der Waals surface area contributed by atoms with Crippen LogP contribution >= 0.6 is 11.6 Å². The Morgan fingerprint density at radius 1 is 1.44 bits per heavy atom. The third-order valence-corrected chi connectivity index (χ3v) is 2.57. The highest BCUT2D eigenvalue weighted by Crippen LogP contribution is 2.28. The number of aromatic nitrogens is 1. The maximum Gasteiger partial charge on any atom is 0.228 e. The molecule has 1 aromatic carbocycles. The van der Waals surface area contributed by atoms with E-state index < -0.39 is 0 Å². The summed E-state index contributed by atoms with van der Waals surface area (Å²) in [5.74, 6) is 1.13. The van der Waals surface area contributed by atoms with Gasteiger partial charge in [-0.15, -0.1) is 0 Å². The lowest BCUT2D eigenvalue weighted by Gasteiger charge is -1.97. The number of halogens is 1. The average molecular weight is 233 g/mol. The molecule has 0 aliphatic carbocycles. The van der Waals surface area contributed by atoms with Crippen LogP contribution in [0.25, 0.3) is 11.5 Å². The van der Waals surface area contributed by atoms with Crippen molar-refractivity contribution in [1.82, 2.24) is 4.98 Å². The van der Waals surface area contributed by atoms with Crippen molar-refractivity contribution < 1.29 is 4.42 Å². The molecule has 0 spiro atoms. The molecule has 0 aliphatic heterocycles. The molecule has 0 atom stereocenters. The smallest absolute Gasteiger partial charge is 0.228 e. The van der Waals surface area contributed by atoms with Gasteiger partial charge in [0.05, 0.1) is 28.8 Å². The van der Waals surface area contributed by atoms with Crippen LogP contribution in [0, 0.1) is 18.3 Å². The summed E-state index contributed by atoms with van der Waals surface area (Å²) in [5.41, 5.74) is 1.41. The molecule has 0 amide bonds. The molecular formula is C12H9ClN2O. The first kappa shape index (κ1) is 10.7. The van der Waals surface area contributed by atoms with E-state index in [4.69, 9.17) is 21.3 Å². The second-order valence-corrected chi connectivity index (χ2v) is 3.74. The van der Waals surface area contributed by atoms with Crippen molar-refractivity contribution in [2.45, 2.75) is 13.3 Å². The Kier molecular flexibility index (Phi) is 2.93. The number of aryl methyl sites for hydroxylation is 1. The zero-order valence-electron chi connectivity index (χ0n) is 8.70. The highest BCUT2D eigenvalue weighted by atomic mass is 35.5. The summed E-state index contributed by atoms with van der Waals surface area (Å²) in [7, 11) is 0. The van der Waals surface area contributed by atoms with E-state index in [1.54, 1.807) is 13.0 Å². The fraction of sp³-hybridized carbons (Fsp3) is 0.167. The molecule has 80 valence electrons. The summed E-state index contributed by atoms with van der Waals surface area (Å²) in [4.78, 5) is 4.26. The molecule has 4 heteroatoms. The topological polar surface area (TPSA) is 49.8 Å². The van der Waals surface area contributed by atoms with Gasteiger partial charge in [0, 0.05) is 0 Å². The van der Waals surface area contributed by atoms with Gasteiger partial charge in [0.2, 0.25) is 5.89 Å². The molecule has 16 heavy (non-hydrogen) atoms. The molecule has 0 aliphatic rings. The predicted molar refractivity (Wildman–Crippen MR) is 61.0 cm³/mol. The van der Waals surface area contributed by atoms with Crippen LogP contribution in [0.5, 0.6) is 0 Å². The number of nitrogens with zero attached hydrogens (tertiary/aromatic N) is 2. The van der Waals surface area contributed by atoms with Crippen LogP contribution in [0.1, 0.15) is 11.5 Å². The van der Waals surface area contributed by atoms with Crippen molar-refractivity contribution in [2.75, 3.05) is 0 Å². The molecule has 3 nitrogen and oxygen atoms in total. The molecule has 0 radical (unpaired) electrons. The molecule has 0 N–H and O–H groups in total. The maximum absolute atomic E-state index is 8.62. The van der Waals surface area contributed by atoms with Crippen molar-refractivity contribution in [3.63, 3.8) is 0 Å². The Hall–Kier alpha value is -1.79. The standard InChI is InChI=1S/C12H9ClN2O/c1-8-11(6-7-14)15-12(16-8)9-4-2-3-5-10(9)13/h2-5H,6H2,1H3. The van der Waals surface area contributed by atoms with Crippen LogP contribution in [0.4, 0.5) is 0 Å². The van der Waals surface area contributed by atoms with Gasteiger partial charge in [0.15, 0.2) is 0 Å². The monoisotopic (exact) mass is 232 g/mol. The number of oxazole rings is 1. The van der Waals surface area contributed by atoms with Crippen LogP contribution in [-0.4, -0.2) is 4.98 Å². The number of nitriles is 1. The fourth-order valence-corrected chi connectivity index (χ4v) is 1.63. The predicted octanol–water partition coefficient (Wildman–Crippen LogP) is 3.37. The Morgan fingerprint density at radius 3 is 2.88 bits per heavy atom. The number of hydrogen-bond donors (Lipinski definition) is 0. The van der Waals surface area contributed by atoms with Gasteiger partial charge in [-0.3, -0.25) is 0 Å².